The van der Waals surface area contributed by atoms with Crippen LogP contribution in [0.1, 0.15) is 44.6 Å². The first-order valence-corrected chi connectivity index (χ1v) is 7.75. The quantitative estimate of drug-likeness (QED) is 0.805. The van der Waals surface area contributed by atoms with Gasteiger partial charge in [-0.2, -0.15) is 0 Å². The van der Waals surface area contributed by atoms with Gasteiger partial charge < -0.3 is 10.0 Å². The van der Waals surface area contributed by atoms with Crippen molar-refractivity contribution in [2.45, 2.75) is 51.6 Å². The highest BCUT2D eigenvalue weighted by molar-refractivity contribution is 6.58. The molecule has 0 bridgehead atoms. The van der Waals surface area contributed by atoms with E-state index in [9.17, 15) is 0 Å². The van der Waals surface area contributed by atoms with E-state index in [0.717, 1.165) is 12.5 Å². The molecule has 1 aliphatic rings. The number of benzene rings is 1. The van der Waals surface area contributed by atoms with E-state index in [2.05, 4.69) is 18.9 Å². The average Bonchev–Trinajstić information content (AvgIpc) is 2.48. The van der Waals surface area contributed by atoms with Crippen molar-refractivity contribution >= 4 is 12.6 Å². The van der Waals surface area contributed by atoms with Gasteiger partial charge in [-0.1, -0.05) is 37.6 Å². The maximum atomic E-state index is 9.09. The molecule has 0 heterocycles. The fourth-order valence-corrected chi connectivity index (χ4v) is 3.21. The number of hydrogen-bond donors (Lipinski definition) is 2. The molecule has 0 aliphatic heterocycles. The van der Waals surface area contributed by atoms with Gasteiger partial charge in [0, 0.05) is 12.6 Å². The van der Waals surface area contributed by atoms with Gasteiger partial charge >= 0.3 is 7.12 Å². The van der Waals surface area contributed by atoms with E-state index < -0.39 is 7.12 Å². The Morgan fingerprint density at radius 2 is 1.70 bits per heavy atom. The molecule has 0 amide bonds. The Morgan fingerprint density at radius 1 is 1.10 bits per heavy atom. The lowest BCUT2D eigenvalue weighted by molar-refractivity contribution is 0.157. The van der Waals surface area contributed by atoms with E-state index >= 15 is 0 Å². The lowest BCUT2D eigenvalue weighted by Crippen LogP contribution is -2.35. The summed E-state index contributed by atoms with van der Waals surface area (Å²) in [6, 6.07) is 8.26. The highest BCUT2D eigenvalue weighted by atomic mass is 16.4. The van der Waals surface area contributed by atoms with Crippen molar-refractivity contribution in [2.24, 2.45) is 5.92 Å². The first-order valence-electron chi connectivity index (χ1n) is 7.75. The Bertz CT molecular complexity index is 399. The zero-order chi connectivity index (χ0) is 14.5. The van der Waals surface area contributed by atoms with E-state index in [1.54, 1.807) is 12.1 Å². The molecule has 4 heteroatoms. The van der Waals surface area contributed by atoms with E-state index in [1.165, 1.54) is 37.7 Å². The van der Waals surface area contributed by atoms with Crippen molar-refractivity contribution < 1.29 is 10.0 Å². The van der Waals surface area contributed by atoms with Gasteiger partial charge in [0.2, 0.25) is 0 Å². The highest BCUT2D eigenvalue weighted by Crippen LogP contribution is 2.29. The van der Waals surface area contributed by atoms with Crippen molar-refractivity contribution in [1.29, 1.82) is 0 Å². The standard InChI is InChI=1S/C16H26BNO2/c1-3-13-6-10-16(11-7-13)18(2)12-14-4-8-15(9-5-14)17(19)20/h4-5,8-9,13,16,19-20H,3,6-7,10-12H2,1-2H3. The van der Waals surface area contributed by atoms with Crippen LogP contribution in [0.2, 0.25) is 0 Å². The second-order valence-electron chi connectivity index (χ2n) is 6.11. The minimum atomic E-state index is -1.37. The SMILES string of the molecule is CCC1CCC(N(C)Cc2ccc(B(O)O)cc2)CC1. The summed E-state index contributed by atoms with van der Waals surface area (Å²) >= 11 is 0. The summed E-state index contributed by atoms with van der Waals surface area (Å²) in [4.78, 5) is 2.44. The molecule has 1 aromatic carbocycles. The van der Waals surface area contributed by atoms with Crippen LogP contribution in [-0.2, 0) is 6.54 Å². The third kappa shape index (κ3) is 4.08. The first kappa shape index (κ1) is 15.6. The van der Waals surface area contributed by atoms with Crippen LogP contribution in [-0.4, -0.2) is 35.2 Å². The van der Waals surface area contributed by atoms with E-state index in [1.807, 2.05) is 12.1 Å². The molecule has 20 heavy (non-hydrogen) atoms. The Labute approximate surface area is 122 Å². The lowest BCUT2D eigenvalue weighted by atomic mass is 9.80. The maximum absolute atomic E-state index is 9.09. The molecule has 1 saturated carbocycles. The third-order valence-electron chi connectivity index (χ3n) is 4.73. The lowest BCUT2D eigenvalue weighted by Gasteiger charge is -2.34. The Kier molecular flexibility index (Phi) is 5.64. The highest BCUT2D eigenvalue weighted by Gasteiger charge is 2.23. The van der Waals surface area contributed by atoms with Crippen LogP contribution >= 0.6 is 0 Å². The monoisotopic (exact) mass is 275 g/mol. The molecule has 2 N–H and O–H groups in total. The molecule has 0 atom stereocenters. The van der Waals surface area contributed by atoms with Crippen molar-refractivity contribution in [1.82, 2.24) is 4.90 Å². The zero-order valence-electron chi connectivity index (χ0n) is 12.6. The summed E-state index contributed by atoms with van der Waals surface area (Å²) in [5.41, 5.74) is 1.79. The maximum Gasteiger partial charge on any atom is 0.488 e. The normalized spacial score (nSPS) is 23.1. The van der Waals surface area contributed by atoms with Crippen LogP contribution in [0.3, 0.4) is 0 Å². The molecule has 110 valence electrons. The van der Waals surface area contributed by atoms with Crippen molar-refractivity contribution in [2.75, 3.05) is 7.05 Å². The van der Waals surface area contributed by atoms with E-state index in [4.69, 9.17) is 10.0 Å². The predicted molar refractivity (Wildman–Crippen MR) is 83.8 cm³/mol. The smallest absolute Gasteiger partial charge is 0.423 e. The van der Waals surface area contributed by atoms with Gasteiger partial charge in [0.15, 0.2) is 0 Å². The second-order valence-corrected chi connectivity index (χ2v) is 6.11. The van der Waals surface area contributed by atoms with Crippen LogP contribution in [0, 0.1) is 5.92 Å². The molecule has 1 aromatic rings. The van der Waals surface area contributed by atoms with Gasteiger partial charge in [-0.25, -0.2) is 0 Å². The summed E-state index contributed by atoms with van der Waals surface area (Å²) in [7, 11) is 0.831. The Balaban J connectivity index is 1.86. The summed E-state index contributed by atoms with van der Waals surface area (Å²) in [5, 5.41) is 18.2. The minimum absolute atomic E-state index is 0.555. The van der Waals surface area contributed by atoms with Crippen molar-refractivity contribution in [3.63, 3.8) is 0 Å². The third-order valence-corrected chi connectivity index (χ3v) is 4.73. The Hall–Kier alpha value is -0.835. The molecule has 0 unspecified atom stereocenters. The second kappa shape index (κ2) is 7.25. The molecule has 1 fully saturated rings. The largest absolute Gasteiger partial charge is 0.488 e. The molecule has 0 spiro atoms. The molecular weight excluding hydrogens is 249 g/mol. The predicted octanol–water partition coefficient (Wildman–Crippen LogP) is 1.77. The van der Waals surface area contributed by atoms with Gasteiger partial charge in [-0.15, -0.1) is 0 Å². The first-order chi connectivity index (χ1) is 9.60. The molecule has 0 radical (unpaired) electrons. The summed E-state index contributed by atoms with van der Waals surface area (Å²) < 4.78 is 0. The minimum Gasteiger partial charge on any atom is -0.423 e. The summed E-state index contributed by atoms with van der Waals surface area (Å²) in [5.74, 6) is 0.935. The Morgan fingerprint density at radius 3 is 2.20 bits per heavy atom. The van der Waals surface area contributed by atoms with Crippen LogP contribution in [0.15, 0.2) is 24.3 Å². The van der Waals surface area contributed by atoms with E-state index in [-0.39, 0.29) is 0 Å². The topological polar surface area (TPSA) is 43.7 Å². The number of rotatable bonds is 5. The van der Waals surface area contributed by atoms with Crippen LogP contribution in [0.4, 0.5) is 0 Å². The van der Waals surface area contributed by atoms with Crippen molar-refractivity contribution in [3.8, 4) is 0 Å². The zero-order valence-corrected chi connectivity index (χ0v) is 12.6. The summed E-state index contributed by atoms with van der Waals surface area (Å²) in [6.07, 6.45) is 6.66. The average molecular weight is 275 g/mol. The van der Waals surface area contributed by atoms with Crippen molar-refractivity contribution in [3.05, 3.63) is 29.8 Å². The van der Waals surface area contributed by atoms with Crippen LogP contribution < -0.4 is 5.46 Å². The van der Waals surface area contributed by atoms with Crippen LogP contribution in [0.5, 0.6) is 0 Å². The fraction of sp³-hybridized carbons (Fsp3) is 0.625. The molecular formula is C16H26BNO2. The number of nitrogens with zero attached hydrogens (tertiary/aromatic N) is 1. The molecule has 0 saturated heterocycles. The van der Waals surface area contributed by atoms with Crippen LogP contribution in [0.25, 0.3) is 0 Å². The van der Waals surface area contributed by atoms with E-state index in [0.29, 0.717) is 11.5 Å². The van der Waals surface area contributed by atoms with Gasteiger partial charge in [0.25, 0.3) is 0 Å². The van der Waals surface area contributed by atoms with Gasteiger partial charge in [0.05, 0.1) is 0 Å². The van der Waals surface area contributed by atoms with Gasteiger partial charge in [-0.05, 0) is 49.7 Å². The number of hydrogen-bond acceptors (Lipinski definition) is 3. The van der Waals surface area contributed by atoms with Gasteiger partial charge in [-0.3, -0.25) is 4.90 Å². The molecule has 0 aromatic heterocycles. The molecule has 1 aliphatic carbocycles. The summed E-state index contributed by atoms with van der Waals surface area (Å²) in [6.45, 7) is 3.23. The van der Waals surface area contributed by atoms with Gasteiger partial charge in [0.1, 0.15) is 0 Å². The fourth-order valence-electron chi connectivity index (χ4n) is 3.21. The molecule has 2 rings (SSSR count). The molecule has 3 nitrogen and oxygen atoms in total.